The van der Waals surface area contributed by atoms with Crippen molar-refractivity contribution in [2.24, 2.45) is 5.92 Å². The Bertz CT molecular complexity index is 584. The van der Waals surface area contributed by atoms with Gasteiger partial charge in [-0.3, -0.25) is 4.79 Å². The van der Waals surface area contributed by atoms with Crippen LogP contribution < -0.4 is 4.90 Å². The van der Waals surface area contributed by atoms with Gasteiger partial charge in [-0.15, -0.1) is 11.6 Å². The van der Waals surface area contributed by atoms with Crippen molar-refractivity contribution in [2.45, 2.75) is 46.1 Å². The van der Waals surface area contributed by atoms with E-state index in [9.17, 15) is 4.79 Å². The van der Waals surface area contributed by atoms with Crippen LogP contribution in [0.15, 0.2) is 0 Å². The Balaban J connectivity index is 1.86. The van der Waals surface area contributed by atoms with Gasteiger partial charge in [-0.25, -0.2) is 9.97 Å². The van der Waals surface area contributed by atoms with Crippen LogP contribution in [0.5, 0.6) is 0 Å². The maximum absolute atomic E-state index is 12.2. The van der Waals surface area contributed by atoms with Gasteiger partial charge in [0.15, 0.2) is 0 Å². The summed E-state index contributed by atoms with van der Waals surface area (Å²) in [6.45, 7) is 7.70. The van der Waals surface area contributed by atoms with Crippen LogP contribution in [0.2, 0.25) is 0 Å². The summed E-state index contributed by atoms with van der Waals surface area (Å²) in [5.41, 5.74) is 2.25. The Labute approximate surface area is 143 Å². The first kappa shape index (κ1) is 16.5. The Hall–Kier alpha value is -1.36. The number of fused-ring (bicyclic) bond motifs is 1. The normalized spacial score (nSPS) is 18.9. The van der Waals surface area contributed by atoms with Gasteiger partial charge in [-0.05, 0) is 25.7 Å². The summed E-state index contributed by atoms with van der Waals surface area (Å²) in [5, 5.41) is 0. The molecular formula is C17H25ClN4O. The molecule has 23 heavy (non-hydrogen) atoms. The minimum atomic E-state index is 0.129. The molecule has 0 radical (unpaired) electrons. The number of alkyl halides is 1. The van der Waals surface area contributed by atoms with Crippen molar-refractivity contribution < 1.29 is 4.79 Å². The Morgan fingerprint density at radius 3 is 2.70 bits per heavy atom. The Morgan fingerprint density at radius 2 is 2.00 bits per heavy atom. The van der Waals surface area contributed by atoms with Gasteiger partial charge in [-0.1, -0.05) is 6.92 Å². The number of aryl methyl sites for hydroxylation is 1. The molecule has 1 aromatic heterocycles. The highest BCUT2D eigenvalue weighted by molar-refractivity contribution is 6.18. The number of aromatic nitrogens is 2. The second-order valence-corrected chi connectivity index (χ2v) is 7.07. The lowest BCUT2D eigenvalue weighted by Gasteiger charge is -2.36. The fraction of sp³-hybridized carbons (Fsp3) is 0.706. The molecule has 0 bridgehead atoms. The van der Waals surface area contributed by atoms with Crippen molar-refractivity contribution in [1.82, 2.24) is 14.9 Å². The first-order valence-corrected chi connectivity index (χ1v) is 9.07. The van der Waals surface area contributed by atoms with Crippen molar-refractivity contribution in [2.75, 3.05) is 30.4 Å². The molecule has 3 rings (SSSR count). The van der Waals surface area contributed by atoms with Gasteiger partial charge in [0.2, 0.25) is 5.91 Å². The smallest absolute Gasteiger partial charge is 0.224 e. The predicted molar refractivity (Wildman–Crippen MR) is 91.8 cm³/mol. The number of carbonyl (C=O) groups excluding carboxylic acids is 1. The molecule has 1 fully saturated rings. The highest BCUT2D eigenvalue weighted by Crippen LogP contribution is 2.30. The fourth-order valence-corrected chi connectivity index (χ4v) is 3.61. The molecule has 0 aliphatic carbocycles. The third-order valence-electron chi connectivity index (χ3n) is 4.89. The molecule has 0 saturated carbocycles. The van der Waals surface area contributed by atoms with Gasteiger partial charge in [0.1, 0.15) is 11.6 Å². The first-order valence-electron chi connectivity index (χ1n) is 8.53. The summed E-state index contributed by atoms with van der Waals surface area (Å²) in [6, 6.07) is 0. The topological polar surface area (TPSA) is 49.3 Å². The van der Waals surface area contributed by atoms with Crippen LogP contribution in [0.3, 0.4) is 0 Å². The lowest BCUT2D eigenvalue weighted by atomic mass is 9.98. The molecule has 1 aromatic rings. The van der Waals surface area contributed by atoms with Crippen LogP contribution in [-0.2, 0) is 17.8 Å². The predicted octanol–water partition coefficient (Wildman–Crippen LogP) is 2.53. The SMILES string of the molecule is Cc1nc2c(c(N3CCC(C)CC3)n1)CN(C(=O)CCCl)CC2. The summed E-state index contributed by atoms with van der Waals surface area (Å²) in [5.74, 6) is 3.17. The van der Waals surface area contributed by atoms with E-state index in [0.29, 0.717) is 18.8 Å². The summed E-state index contributed by atoms with van der Waals surface area (Å²) >= 11 is 5.72. The average Bonchev–Trinajstić information content (AvgIpc) is 2.54. The van der Waals surface area contributed by atoms with E-state index in [1.165, 1.54) is 12.8 Å². The number of amides is 1. The average molecular weight is 337 g/mol. The zero-order valence-corrected chi connectivity index (χ0v) is 14.8. The van der Waals surface area contributed by atoms with Gasteiger partial charge < -0.3 is 9.80 Å². The number of carbonyl (C=O) groups is 1. The second kappa shape index (κ2) is 7.04. The van der Waals surface area contributed by atoms with Crippen molar-refractivity contribution in [3.63, 3.8) is 0 Å². The number of nitrogens with zero attached hydrogens (tertiary/aromatic N) is 4. The van der Waals surface area contributed by atoms with Gasteiger partial charge in [0.25, 0.3) is 0 Å². The zero-order chi connectivity index (χ0) is 16.4. The molecule has 5 nitrogen and oxygen atoms in total. The van der Waals surface area contributed by atoms with Crippen LogP contribution in [0.4, 0.5) is 5.82 Å². The van der Waals surface area contributed by atoms with Crippen molar-refractivity contribution >= 4 is 23.3 Å². The molecule has 2 aliphatic rings. The van der Waals surface area contributed by atoms with Gasteiger partial charge in [0.05, 0.1) is 12.2 Å². The number of piperidine rings is 1. The van der Waals surface area contributed by atoms with E-state index in [1.54, 1.807) is 0 Å². The number of halogens is 1. The van der Waals surface area contributed by atoms with Crippen LogP contribution in [-0.4, -0.2) is 46.3 Å². The largest absolute Gasteiger partial charge is 0.356 e. The summed E-state index contributed by atoms with van der Waals surface area (Å²) in [7, 11) is 0. The van der Waals surface area contributed by atoms with Gasteiger partial charge in [0, 0.05) is 43.9 Å². The Kier molecular flexibility index (Phi) is 5.05. The fourth-order valence-electron chi connectivity index (χ4n) is 3.45. The molecule has 126 valence electrons. The number of rotatable bonds is 3. The molecule has 0 aromatic carbocycles. The van der Waals surface area contributed by atoms with E-state index in [1.807, 2.05) is 11.8 Å². The molecule has 0 spiro atoms. The monoisotopic (exact) mass is 336 g/mol. The highest BCUT2D eigenvalue weighted by atomic mass is 35.5. The molecule has 3 heterocycles. The number of hydrogen-bond donors (Lipinski definition) is 0. The van der Waals surface area contributed by atoms with Crippen LogP contribution >= 0.6 is 11.6 Å². The molecule has 6 heteroatoms. The van der Waals surface area contributed by atoms with E-state index in [0.717, 1.165) is 54.9 Å². The maximum Gasteiger partial charge on any atom is 0.224 e. The zero-order valence-electron chi connectivity index (χ0n) is 14.0. The van der Waals surface area contributed by atoms with Crippen molar-refractivity contribution in [3.05, 3.63) is 17.1 Å². The quantitative estimate of drug-likeness (QED) is 0.796. The molecule has 1 amide bonds. The van der Waals surface area contributed by atoms with E-state index >= 15 is 0 Å². The molecule has 0 N–H and O–H groups in total. The lowest BCUT2D eigenvalue weighted by Crippen LogP contribution is -2.40. The first-order chi connectivity index (χ1) is 11.1. The van der Waals surface area contributed by atoms with Gasteiger partial charge in [-0.2, -0.15) is 0 Å². The summed E-state index contributed by atoms with van der Waals surface area (Å²) in [4.78, 5) is 25.8. The van der Waals surface area contributed by atoms with E-state index in [-0.39, 0.29) is 5.91 Å². The minimum absolute atomic E-state index is 0.129. The second-order valence-electron chi connectivity index (χ2n) is 6.69. The van der Waals surface area contributed by atoms with Crippen LogP contribution in [0.25, 0.3) is 0 Å². The minimum Gasteiger partial charge on any atom is -0.356 e. The third-order valence-corrected chi connectivity index (χ3v) is 5.08. The standard InChI is InChI=1S/C17H25ClN4O/c1-12-4-8-21(9-5-12)17-14-11-22(16(23)3-7-18)10-6-15(14)19-13(2)20-17/h12H,3-11H2,1-2H3. The number of anilines is 1. The molecule has 0 atom stereocenters. The van der Waals surface area contributed by atoms with Crippen LogP contribution in [0, 0.1) is 12.8 Å². The third kappa shape index (κ3) is 3.60. The Morgan fingerprint density at radius 1 is 1.26 bits per heavy atom. The molecular weight excluding hydrogens is 312 g/mol. The number of hydrogen-bond acceptors (Lipinski definition) is 4. The van der Waals surface area contributed by atoms with Gasteiger partial charge >= 0.3 is 0 Å². The van der Waals surface area contributed by atoms with Crippen LogP contribution in [0.1, 0.15) is 43.3 Å². The van der Waals surface area contributed by atoms with E-state index < -0.39 is 0 Å². The molecule has 0 unspecified atom stereocenters. The summed E-state index contributed by atoms with van der Waals surface area (Å²) in [6.07, 6.45) is 3.61. The van der Waals surface area contributed by atoms with E-state index in [2.05, 4.69) is 16.8 Å². The van der Waals surface area contributed by atoms with Crippen molar-refractivity contribution in [1.29, 1.82) is 0 Å². The lowest BCUT2D eigenvalue weighted by molar-refractivity contribution is -0.131. The molecule has 1 saturated heterocycles. The maximum atomic E-state index is 12.2. The molecule has 2 aliphatic heterocycles. The van der Waals surface area contributed by atoms with E-state index in [4.69, 9.17) is 16.6 Å². The summed E-state index contributed by atoms with van der Waals surface area (Å²) < 4.78 is 0. The highest BCUT2D eigenvalue weighted by Gasteiger charge is 2.28. The van der Waals surface area contributed by atoms with Crippen molar-refractivity contribution in [3.8, 4) is 0 Å².